The summed E-state index contributed by atoms with van der Waals surface area (Å²) in [5, 5.41) is 2.85. The first-order valence-corrected chi connectivity index (χ1v) is 7.47. The van der Waals surface area contributed by atoms with Crippen molar-refractivity contribution in [2.75, 3.05) is 19.4 Å². The van der Waals surface area contributed by atoms with Crippen LogP contribution >= 0.6 is 15.9 Å². The van der Waals surface area contributed by atoms with Gasteiger partial charge in [-0.3, -0.25) is 9.59 Å². The standard InChI is InChI=1S/C15H21BrN2O2/c1-10(2)14(16)15(20)17-12-7-5-11(6-8-12)9-13(19)18(3)4/h5-8,10,14H,9H2,1-4H3,(H,17,20). The number of halogens is 1. The smallest absolute Gasteiger partial charge is 0.238 e. The topological polar surface area (TPSA) is 49.4 Å². The number of amides is 2. The first-order valence-electron chi connectivity index (χ1n) is 6.55. The van der Waals surface area contributed by atoms with Gasteiger partial charge in [-0.05, 0) is 23.6 Å². The molecule has 20 heavy (non-hydrogen) atoms. The zero-order chi connectivity index (χ0) is 15.3. The third kappa shape index (κ3) is 4.96. The van der Waals surface area contributed by atoms with Crippen LogP contribution in [0.1, 0.15) is 19.4 Å². The van der Waals surface area contributed by atoms with Crippen molar-refractivity contribution in [2.45, 2.75) is 25.1 Å². The second kappa shape index (κ2) is 7.43. The summed E-state index contributed by atoms with van der Waals surface area (Å²) >= 11 is 3.37. The van der Waals surface area contributed by atoms with Gasteiger partial charge in [0.1, 0.15) is 0 Å². The lowest BCUT2D eigenvalue weighted by Gasteiger charge is -2.14. The van der Waals surface area contributed by atoms with Crippen molar-refractivity contribution in [3.63, 3.8) is 0 Å². The molecule has 1 atom stereocenters. The van der Waals surface area contributed by atoms with Crippen LogP contribution in [0.2, 0.25) is 0 Å². The molecule has 0 aliphatic carbocycles. The summed E-state index contributed by atoms with van der Waals surface area (Å²) in [6, 6.07) is 7.34. The van der Waals surface area contributed by atoms with E-state index >= 15 is 0 Å². The number of likely N-dealkylation sites (N-methyl/N-ethyl adjacent to an activating group) is 1. The van der Waals surface area contributed by atoms with E-state index in [4.69, 9.17) is 0 Å². The Morgan fingerprint density at radius 3 is 2.20 bits per heavy atom. The highest BCUT2D eigenvalue weighted by Crippen LogP contribution is 2.16. The molecule has 1 aromatic carbocycles. The van der Waals surface area contributed by atoms with Crippen LogP contribution in [0, 0.1) is 5.92 Å². The van der Waals surface area contributed by atoms with Crippen LogP contribution in [-0.4, -0.2) is 35.6 Å². The molecule has 0 saturated heterocycles. The fourth-order valence-corrected chi connectivity index (χ4v) is 1.67. The summed E-state index contributed by atoms with van der Waals surface area (Å²) in [6.45, 7) is 3.96. The Labute approximate surface area is 128 Å². The summed E-state index contributed by atoms with van der Waals surface area (Å²) in [7, 11) is 3.47. The van der Waals surface area contributed by atoms with Gasteiger partial charge in [0.2, 0.25) is 11.8 Å². The maximum atomic E-state index is 11.9. The van der Waals surface area contributed by atoms with Crippen molar-refractivity contribution in [3.8, 4) is 0 Å². The molecule has 1 unspecified atom stereocenters. The van der Waals surface area contributed by atoms with Crippen LogP contribution in [0.4, 0.5) is 5.69 Å². The lowest BCUT2D eigenvalue weighted by molar-refractivity contribution is -0.128. The number of benzene rings is 1. The molecule has 0 heterocycles. The molecule has 0 fully saturated rings. The lowest BCUT2D eigenvalue weighted by Crippen LogP contribution is -2.27. The molecule has 0 aromatic heterocycles. The van der Waals surface area contributed by atoms with Crippen molar-refractivity contribution in [1.82, 2.24) is 4.90 Å². The van der Waals surface area contributed by atoms with Crippen molar-refractivity contribution in [1.29, 1.82) is 0 Å². The fraction of sp³-hybridized carbons (Fsp3) is 0.467. The van der Waals surface area contributed by atoms with Gasteiger partial charge in [-0.2, -0.15) is 0 Å². The highest BCUT2D eigenvalue weighted by atomic mass is 79.9. The van der Waals surface area contributed by atoms with E-state index in [1.165, 1.54) is 0 Å². The van der Waals surface area contributed by atoms with Crippen molar-refractivity contribution >= 4 is 33.4 Å². The highest BCUT2D eigenvalue weighted by Gasteiger charge is 2.18. The molecular weight excluding hydrogens is 320 g/mol. The molecular formula is C15H21BrN2O2. The van der Waals surface area contributed by atoms with Gasteiger partial charge in [0.15, 0.2) is 0 Å². The zero-order valence-corrected chi connectivity index (χ0v) is 13.9. The number of nitrogens with zero attached hydrogens (tertiary/aromatic N) is 1. The average Bonchev–Trinajstić information content (AvgIpc) is 2.39. The molecule has 4 nitrogen and oxygen atoms in total. The van der Waals surface area contributed by atoms with Gasteiger partial charge in [0.25, 0.3) is 0 Å². The van der Waals surface area contributed by atoms with E-state index in [1.54, 1.807) is 19.0 Å². The predicted molar refractivity (Wildman–Crippen MR) is 85.0 cm³/mol. The van der Waals surface area contributed by atoms with Crippen molar-refractivity contribution < 1.29 is 9.59 Å². The Morgan fingerprint density at radius 2 is 1.75 bits per heavy atom. The largest absolute Gasteiger partial charge is 0.349 e. The number of hydrogen-bond donors (Lipinski definition) is 1. The predicted octanol–water partition coefficient (Wildman–Crippen LogP) is 2.68. The van der Waals surface area contributed by atoms with E-state index in [0.717, 1.165) is 11.3 Å². The number of hydrogen-bond acceptors (Lipinski definition) is 2. The van der Waals surface area contributed by atoms with Gasteiger partial charge >= 0.3 is 0 Å². The molecule has 0 radical (unpaired) electrons. The van der Waals surface area contributed by atoms with Gasteiger partial charge in [-0.25, -0.2) is 0 Å². The summed E-state index contributed by atoms with van der Waals surface area (Å²) in [6.07, 6.45) is 0.369. The molecule has 5 heteroatoms. The van der Waals surface area contributed by atoms with E-state index in [9.17, 15) is 9.59 Å². The summed E-state index contributed by atoms with van der Waals surface area (Å²) < 4.78 is 0. The quantitative estimate of drug-likeness (QED) is 0.837. The first kappa shape index (κ1) is 16.7. The Kier molecular flexibility index (Phi) is 6.20. The second-order valence-corrected chi connectivity index (χ2v) is 6.28. The molecule has 110 valence electrons. The van der Waals surface area contributed by atoms with E-state index in [-0.39, 0.29) is 22.6 Å². The second-order valence-electron chi connectivity index (χ2n) is 5.30. The molecule has 0 saturated carbocycles. The van der Waals surface area contributed by atoms with Gasteiger partial charge in [0, 0.05) is 19.8 Å². The maximum absolute atomic E-state index is 11.9. The SMILES string of the molecule is CC(C)C(Br)C(=O)Nc1ccc(CC(=O)N(C)C)cc1. The number of anilines is 1. The first-order chi connectivity index (χ1) is 9.31. The molecule has 1 aromatic rings. The van der Waals surface area contributed by atoms with Crippen molar-refractivity contribution in [3.05, 3.63) is 29.8 Å². The van der Waals surface area contributed by atoms with Crippen LogP contribution in [0.3, 0.4) is 0 Å². The number of carbonyl (C=O) groups is 2. The fourth-order valence-electron chi connectivity index (χ4n) is 1.55. The minimum absolute atomic E-state index is 0.0575. The molecule has 0 spiro atoms. The van der Waals surface area contributed by atoms with E-state index < -0.39 is 0 Å². The van der Waals surface area contributed by atoms with Gasteiger partial charge in [-0.15, -0.1) is 0 Å². The third-order valence-electron chi connectivity index (χ3n) is 2.91. The number of alkyl halides is 1. The molecule has 2 amide bonds. The Morgan fingerprint density at radius 1 is 1.20 bits per heavy atom. The van der Waals surface area contributed by atoms with Gasteiger partial charge in [-0.1, -0.05) is 41.9 Å². The minimum Gasteiger partial charge on any atom is -0.349 e. The van der Waals surface area contributed by atoms with Crippen molar-refractivity contribution in [2.24, 2.45) is 5.92 Å². The highest BCUT2D eigenvalue weighted by molar-refractivity contribution is 9.10. The zero-order valence-electron chi connectivity index (χ0n) is 12.3. The maximum Gasteiger partial charge on any atom is 0.238 e. The minimum atomic E-state index is -0.211. The van der Waals surface area contributed by atoms with E-state index in [0.29, 0.717) is 6.42 Å². The van der Waals surface area contributed by atoms with Crippen LogP contribution in [0.15, 0.2) is 24.3 Å². The molecule has 1 rings (SSSR count). The number of rotatable bonds is 5. The number of nitrogens with one attached hydrogen (secondary N) is 1. The Balaban J connectivity index is 2.63. The molecule has 0 bridgehead atoms. The number of carbonyl (C=O) groups excluding carboxylic acids is 2. The van der Waals surface area contributed by atoms with Crippen LogP contribution in [0.25, 0.3) is 0 Å². The average molecular weight is 341 g/mol. The van der Waals surface area contributed by atoms with Gasteiger partial charge < -0.3 is 10.2 Å². The Bertz CT molecular complexity index is 469. The summed E-state index contributed by atoms with van der Waals surface area (Å²) in [4.78, 5) is 24.8. The third-order valence-corrected chi connectivity index (χ3v) is 4.38. The van der Waals surface area contributed by atoms with Crippen LogP contribution < -0.4 is 5.32 Å². The lowest BCUT2D eigenvalue weighted by atomic mass is 10.1. The monoisotopic (exact) mass is 340 g/mol. The summed E-state index contributed by atoms with van der Waals surface area (Å²) in [5.74, 6) is 0.228. The molecule has 0 aliphatic heterocycles. The van der Waals surface area contributed by atoms with E-state index in [2.05, 4.69) is 21.2 Å². The van der Waals surface area contributed by atoms with E-state index in [1.807, 2.05) is 38.1 Å². The normalized spacial score (nSPS) is 12.1. The molecule has 0 aliphatic rings. The van der Waals surface area contributed by atoms with Crippen LogP contribution in [0.5, 0.6) is 0 Å². The van der Waals surface area contributed by atoms with Crippen LogP contribution in [-0.2, 0) is 16.0 Å². The Hall–Kier alpha value is -1.36. The molecule has 1 N–H and O–H groups in total. The summed E-state index contributed by atoms with van der Waals surface area (Å²) in [5.41, 5.74) is 1.67. The van der Waals surface area contributed by atoms with Gasteiger partial charge in [0.05, 0.1) is 11.2 Å².